The number of ether oxygens (including phenoxy) is 1. The van der Waals surface area contributed by atoms with Gasteiger partial charge in [-0.3, -0.25) is 0 Å². The minimum Gasteiger partial charge on any atom is -0.465 e. The first-order chi connectivity index (χ1) is 9.22. The molecule has 0 spiro atoms. The Hall–Kier alpha value is -1.34. The summed E-state index contributed by atoms with van der Waals surface area (Å²) in [4.78, 5) is 14.0. The van der Waals surface area contributed by atoms with E-state index in [1.807, 2.05) is 0 Å². The van der Waals surface area contributed by atoms with Gasteiger partial charge in [0, 0.05) is 13.1 Å². The summed E-state index contributed by atoms with van der Waals surface area (Å²) >= 11 is 1.20. The summed E-state index contributed by atoms with van der Waals surface area (Å²) in [5.74, 6) is -0.205. The molecule has 1 fully saturated rings. The Morgan fingerprint density at radius 2 is 2.21 bits per heavy atom. The number of likely N-dealkylation sites (tertiary alicyclic amines) is 1. The lowest BCUT2D eigenvalue weighted by atomic mass is 10.1. The Labute approximate surface area is 117 Å². The van der Waals surface area contributed by atoms with E-state index < -0.39 is 5.97 Å². The van der Waals surface area contributed by atoms with Crippen LogP contribution in [0.3, 0.4) is 0 Å². The van der Waals surface area contributed by atoms with Crippen LogP contribution in [0.15, 0.2) is 0 Å². The number of hydrogen-bond acceptors (Lipinski definition) is 7. The van der Waals surface area contributed by atoms with Gasteiger partial charge in [-0.05, 0) is 37.5 Å². The Morgan fingerprint density at radius 3 is 2.89 bits per heavy atom. The molecule has 2 rings (SSSR count). The van der Waals surface area contributed by atoms with Gasteiger partial charge >= 0.3 is 5.97 Å². The lowest BCUT2D eigenvalue weighted by Gasteiger charge is -2.26. The zero-order valence-electron chi connectivity index (χ0n) is 11.1. The zero-order chi connectivity index (χ0) is 13.7. The molecule has 6 nitrogen and oxygen atoms in total. The highest BCUT2D eigenvalue weighted by Gasteiger charge is 2.19. The number of nitrogens with zero attached hydrogens (tertiary/aromatic N) is 2. The first-order valence-electron chi connectivity index (χ1n) is 6.52. The summed E-state index contributed by atoms with van der Waals surface area (Å²) in [6, 6.07) is 0. The Morgan fingerprint density at radius 1 is 1.47 bits per heavy atom. The molecule has 0 aliphatic carbocycles. The molecule has 0 radical (unpaired) electrons. The number of methoxy groups -OCH3 is 1. The molecule has 0 amide bonds. The molecule has 1 saturated heterocycles. The summed E-state index contributed by atoms with van der Waals surface area (Å²) < 4.78 is 8.70. The van der Waals surface area contributed by atoms with E-state index in [0.717, 1.165) is 26.2 Å². The number of carbonyl (C=O) groups is 1. The van der Waals surface area contributed by atoms with Crippen molar-refractivity contribution >= 4 is 28.3 Å². The molecule has 1 aromatic heterocycles. The fourth-order valence-electron chi connectivity index (χ4n) is 2.23. The third-order valence-corrected chi connectivity index (χ3v) is 4.09. The van der Waals surface area contributed by atoms with E-state index >= 15 is 0 Å². The molecule has 1 aliphatic rings. The first-order valence-corrected chi connectivity index (χ1v) is 7.29. The molecule has 3 N–H and O–H groups in total. The lowest BCUT2D eigenvalue weighted by molar-refractivity contribution is 0.0603. The van der Waals surface area contributed by atoms with E-state index in [-0.39, 0.29) is 5.82 Å². The van der Waals surface area contributed by atoms with Crippen LogP contribution in [0.25, 0.3) is 0 Å². The second-order valence-corrected chi connectivity index (χ2v) is 5.37. The van der Waals surface area contributed by atoms with E-state index in [2.05, 4.69) is 14.6 Å². The van der Waals surface area contributed by atoms with Gasteiger partial charge in [0.25, 0.3) is 0 Å². The number of rotatable bonds is 5. The van der Waals surface area contributed by atoms with Gasteiger partial charge in [-0.15, -0.1) is 0 Å². The van der Waals surface area contributed by atoms with Crippen molar-refractivity contribution in [2.24, 2.45) is 0 Å². The van der Waals surface area contributed by atoms with Crippen LogP contribution in [0.5, 0.6) is 0 Å². The van der Waals surface area contributed by atoms with Crippen molar-refractivity contribution in [3.63, 3.8) is 0 Å². The van der Waals surface area contributed by atoms with Crippen LogP contribution in [0.2, 0.25) is 0 Å². The Kier molecular flexibility index (Phi) is 4.98. The number of hydrogen-bond donors (Lipinski definition) is 2. The average Bonchev–Trinajstić information content (AvgIpc) is 2.80. The topological polar surface area (TPSA) is 80.5 Å². The highest BCUT2D eigenvalue weighted by atomic mass is 32.1. The van der Waals surface area contributed by atoms with Crippen molar-refractivity contribution in [1.29, 1.82) is 0 Å². The van der Waals surface area contributed by atoms with Crippen LogP contribution in [0, 0.1) is 0 Å². The largest absolute Gasteiger partial charge is 0.465 e. The molecule has 1 aromatic rings. The number of aromatic nitrogens is 1. The summed E-state index contributed by atoms with van der Waals surface area (Å²) in [7, 11) is 1.34. The Bertz CT molecular complexity index is 429. The maximum Gasteiger partial charge on any atom is 0.344 e. The van der Waals surface area contributed by atoms with Crippen molar-refractivity contribution in [3.8, 4) is 0 Å². The summed E-state index contributed by atoms with van der Waals surface area (Å²) in [5.41, 5.74) is 6.03. The predicted octanol–water partition coefficient (Wildman–Crippen LogP) is 1.41. The van der Waals surface area contributed by atoms with Crippen LogP contribution in [0.4, 0.5) is 10.8 Å². The quantitative estimate of drug-likeness (QED) is 0.796. The van der Waals surface area contributed by atoms with Crippen molar-refractivity contribution in [3.05, 3.63) is 5.56 Å². The number of nitrogens with two attached hydrogens (primary N) is 1. The van der Waals surface area contributed by atoms with Crippen LogP contribution >= 0.6 is 11.5 Å². The van der Waals surface area contributed by atoms with Gasteiger partial charge < -0.3 is 20.7 Å². The smallest absolute Gasteiger partial charge is 0.344 e. The number of esters is 1. The van der Waals surface area contributed by atoms with E-state index in [0.29, 0.717) is 10.6 Å². The van der Waals surface area contributed by atoms with Crippen LogP contribution in [-0.2, 0) is 4.74 Å². The van der Waals surface area contributed by atoms with Crippen molar-refractivity contribution in [1.82, 2.24) is 9.27 Å². The molecule has 1 aliphatic heterocycles. The summed E-state index contributed by atoms with van der Waals surface area (Å²) in [6.07, 6.45) is 3.89. The average molecular weight is 284 g/mol. The van der Waals surface area contributed by atoms with Crippen LogP contribution in [0.1, 0.15) is 29.6 Å². The zero-order valence-corrected chi connectivity index (χ0v) is 12.0. The van der Waals surface area contributed by atoms with Crippen molar-refractivity contribution in [2.75, 3.05) is 44.3 Å². The van der Waals surface area contributed by atoms with E-state index in [9.17, 15) is 4.79 Å². The third-order valence-electron chi connectivity index (χ3n) is 3.27. The molecular formula is C12H20N4O2S. The number of nitrogens with one attached hydrogen (secondary N) is 1. The van der Waals surface area contributed by atoms with Gasteiger partial charge in [0.15, 0.2) is 5.82 Å². The third kappa shape index (κ3) is 3.57. The summed E-state index contributed by atoms with van der Waals surface area (Å²) in [6.45, 7) is 4.08. The molecule has 0 saturated carbocycles. The molecule has 106 valence electrons. The fourth-order valence-corrected chi connectivity index (χ4v) is 2.96. The number of carbonyl (C=O) groups excluding carboxylic acids is 1. The highest BCUT2D eigenvalue weighted by molar-refractivity contribution is 7.11. The number of nitrogen functional groups attached to an aromatic ring is 1. The molecule has 2 heterocycles. The molecule has 0 unspecified atom stereocenters. The van der Waals surface area contributed by atoms with Crippen LogP contribution in [-0.4, -0.2) is 48.5 Å². The number of anilines is 2. The van der Waals surface area contributed by atoms with E-state index in [4.69, 9.17) is 10.5 Å². The SMILES string of the molecule is COC(=O)c1c(N)nsc1NCCN1CCCCC1. The van der Waals surface area contributed by atoms with Gasteiger partial charge in [-0.25, -0.2) is 4.79 Å². The van der Waals surface area contributed by atoms with Gasteiger partial charge in [0.2, 0.25) is 0 Å². The number of piperidine rings is 1. The fraction of sp³-hybridized carbons (Fsp3) is 0.667. The summed E-state index contributed by atoms with van der Waals surface area (Å²) in [5, 5.41) is 3.93. The van der Waals surface area contributed by atoms with Crippen molar-refractivity contribution < 1.29 is 9.53 Å². The van der Waals surface area contributed by atoms with Crippen LogP contribution < -0.4 is 11.1 Å². The second-order valence-electron chi connectivity index (χ2n) is 4.59. The maximum absolute atomic E-state index is 11.6. The highest BCUT2D eigenvalue weighted by Crippen LogP contribution is 2.27. The van der Waals surface area contributed by atoms with Gasteiger partial charge in [0.1, 0.15) is 10.6 Å². The normalized spacial score (nSPS) is 16.3. The standard InChI is InChI=1S/C12H20N4O2S/c1-18-12(17)9-10(13)15-19-11(9)14-5-8-16-6-3-2-4-7-16/h14H,2-8H2,1H3,(H2,13,15). The molecule has 7 heteroatoms. The predicted molar refractivity (Wildman–Crippen MR) is 76.6 cm³/mol. The van der Waals surface area contributed by atoms with Gasteiger partial charge in [-0.1, -0.05) is 6.42 Å². The molecule has 0 atom stereocenters. The minimum atomic E-state index is -0.438. The monoisotopic (exact) mass is 284 g/mol. The molecule has 19 heavy (non-hydrogen) atoms. The minimum absolute atomic E-state index is 0.234. The molecular weight excluding hydrogens is 264 g/mol. The van der Waals surface area contributed by atoms with E-state index in [1.54, 1.807) is 0 Å². The lowest BCUT2D eigenvalue weighted by Crippen LogP contribution is -2.33. The Balaban J connectivity index is 1.87. The van der Waals surface area contributed by atoms with Gasteiger partial charge in [0.05, 0.1) is 7.11 Å². The molecule has 0 bridgehead atoms. The second kappa shape index (κ2) is 6.72. The van der Waals surface area contributed by atoms with E-state index in [1.165, 1.54) is 37.9 Å². The van der Waals surface area contributed by atoms with Gasteiger partial charge in [-0.2, -0.15) is 4.37 Å². The first kappa shape index (κ1) is 14.1. The van der Waals surface area contributed by atoms with Crippen molar-refractivity contribution in [2.45, 2.75) is 19.3 Å². The maximum atomic E-state index is 11.6. The molecule has 0 aromatic carbocycles.